The van der Waals surface area contributed by atoms with Gasteiger partial charge in [0.1, 0.15) is 0 Å². The summed E-state index contributed by atoms with van der Waals surface area (Å²) in [5.41, 5.74) is 1.76. The van der Waals surface area contributed by atoms with Crippen molar-refractivity contribution in [2.24, 2.45) is 5.92 Å². The van der Waals surface area contributed by atoms with Crippen molar-refractivity contribution in [3.05, 3.63) is 81.1 Å². The summed E-state index contributed by atoms with van der Waals surface area (Å²) >= 11 is 19.6. The van der Waals surface area contributed by atoms with Gasteiger partial charge in [0.25, 0.3) is 5.91 Å². The lowest BCUT2D eigenvalue weighted by atomic mass is 10.0. The molecule has 1 unspecified atom stereocenters. The van der Waals surface area contributed by atoms with Crippen LogP contribution in [0, 0.1) is 12.8 Å². The largest absolute Gasteiger partial charge is 0.342 e. The van der Waals surface area contributed by atoms with E-state index in [0.29, 0.717) is 38.8 Å². The maximum Gasteiger partial charge on any atom is 0.253 e. The Hall–Kier alpha value is -2.52. The fourth-order valence-electron chi connectivity index (χ4n) is 3.42. The Kier molecular flexibility index (Phi) is 9.84. The number of hydrogen-bond donors (Lipinski definition) is 2. The summed E-state index contributed by atoms with van der Waals surface area (Å²) in [5.74, 6) is 0.0946. The summed E-state index contributed by atoms with van der Waals surface area (Å²) in [6, 6.07) is 9.59. The van der Waals surface area contributed by atoms with Gasteiger partial charge in [0, 0.05) is 22.3 Å². The van der Waals surface area contributed by atoms with E-state index in [4.69, 9.17) is 34.8 Å². The van der Waals surface area contributed by atoms with Crippen molar-refractivity contribution >= 4 is 64.1 Å². The number of carbonyl (C=O) groups is 2. The van der Waals surface area contributed by atoms with Crippen molar-refractivity contribution in [3.63, 3.8) is 0 Å². The van der Waals surface area contributed by atoms with Crippen LogP contribution in [0.2, 0.25) is 15.1 Å². The van der Waals surface area contributed by atoms with Gasteiger partial charge >= 0.3 is 0 Å². The van der Waals surface area contributed by atoms with Crippen LogP contribution in [0.15, 0.2) is 54.2 Å². The molecule has 2 aromatic carbocycles. The Morgan fingerprint density at radius 3 is 2.56 bits per heavy atom. The highest BCUT2D eigenvalue weighted by molar-refractivity contribution is 7.99. The summed E-state index contributed by atoms with van der Waals surface area (Å²) < 4.78 is 1.84. The second-order valence-corrected chi connectivity index (χ2v) is 10.5. The molecule has 3 rings (SSSR count). The molecule has 190 valence electrons. The van der Waals surface area contributed by atoms with E-state index in [-0.39, 0.29) is 28.5 Å². The van der Waals surface area contributed by atoms with E-state index in [1.165, 1.54) is 17.8 Å². The van der Waals surface area contributed by atoms with Crippen molar-refractivity contribution < 1.29 is 9.59 Å². The minimum absolute atomic E-state index is 0.0141. The minimum atomic E-state index is -0.464. The molecule has 2 N–H and O–H groups in total. The van der Waals surface area contributed by atoms with Crippen molar-refractivity contribution in [1.29, 1.82) is 0 Å². The normalized spacial score (nSPS) is 11.9. The second-order valence-electron chi connectivity index (χ2n) is 8.31. The third-order valence-electron chi connectivity index (χ3n) is 5.34. The Morgan fingerprint density at radius 1 is 1.14 bits per heavy atom. The quantitative estimate of drug-likeness (QED) is 0.213. The van der Waals surface area contributed by atoms with Crippen LogP contribution in [0.3, 0.4) is 0 Å². The molecule has 0 spiro atoms. The lowest BCUT2D eigenvalue weighted by Gasteiger charge is -2.23. The number of halogens is 3. The van der Waals surface area contributed by atoms with Gasteiger partial charge in [-0.3, -0.25) is 9.59 Å². The van der Waals surface area contributed by atoms with Gasteiger partial charge in [0.05, 0.1) is 22.4 Å². The van der Waals surface area contributed by atoms with Gasteiger partial charge in [-0.2, -0.15) is 0 Å². The van der Waals surface area contributed by atoms with Crippen LogP contribution in [0.5, 0.6) is 0 Å². The highest BCUT2D eigenvalue weighted by atomic mass is 35.5. The summed E-state index contributed by atoms with van der Waals surface area (Å²) in [4.78, 5) is 25.6. The molecule has 2 amide bonds. The fourth-order valence-corrected chi connectivity index (χ4v) is 4.84. The third-order valence-corrected chi connectivity index (χ3v) is 7.26. The molecule has 0 aliphatic rings. The van der Waals surface area contributed by atoms with Gasteiger partial charge < -0.3 is 15.2 Å². The smallest absolute Gasteiger partial charge is 0.253 e. The van der Waals surface area contributed by atoms with Crippen LogP contribution >= 0.6 is 46.6 Å². The first-order chi connectivity index (χ1) is 17.1. The molecular formula is C25H26Cl3N5O2S. The lowest BCUT2D eigenvalue weighted by molar-refractivity contribution is -0.113. The summed E-state index contributed by atoms with van der Waals surface area (Å²) in [5, 5.41) is 16.3. The zero-order valence-electron chi connectivity index (χ0n) is 20.0. The lowest BCUT2D eigenvalue weighted by Crippen LogP contribution is -2.34. The van der Waals surface area contributed by atoms with Crippen LogP contribution in [-0.4, -0.2) is 32.3 Å². The van der Waals surface area contributed by atoms with Gasteiger partial charge in [-0.15, -0.1) is 16.8 Å². The zero-order chi connectivity index (χ0) is 26.4. The average Bonchev–Trinajstić information content (AvgIpc) is 3.21. The van der Waals surface area contributed by atoms with E-state index in [0.717, 1.165) is 5.56 Å². The van der Waals surface area contributed by atoms with Gasteiger partial charge in [-0.05, 0) is 48.7 Å². The highest BCUT2D eigenvalue weighted by Gasteiger charge is 2.27. The maximum atomic E-state index is 13.0. The van der Waals surface area contributed by atoms with Crippen molar-refractivity contribution in [1.82, 2.24) is 20.1 Å². The summed E-state index contributed by atoms with van der Waals surface area (Å²) in [6.45, 7) is 10.0. The van der Waals surface area contributed by atoms with Crippen LogP contribution < -0.4 is 10.6 Å². The predicted molar refractivity (Wildman–Crippen MR) is 147 cm³/mol. The molecule has 0 radical (unpaired) electrons. The molecular weight excluding hydrogens is 541 g/mol. The first kappa shape index (κ1) is 28.1. The van der Waals surface area contributed by atoms with Crippen molar-refractivity contribution in [2.45, 2.75) is 38.5 Å². The van der Waals surface area contributed by atoms with E-state index in [1.807, 2.05) is 25.3 Å². The maximum absolute atomic E-state index is 13.0. The van der Waals surface area contributed by atoms with Crippen LogP contribution in [0.1, 0.15) is 41.6 Å². The fraction of sp³-hybridized carbons (Fsp3) is 0.280. The molecule has 0 fully saturated rings. The van der Waals surface area contributed by atoms with Gasteiger partial charge in [-0.1, -0.05) is 72.6 Å². The Balaban J connectivity index is 1.78. The molecule has 0 aliphatic carbocycles. The Labute approximate surface area is 229 Å². The number of aromatic nitrogens is 3. The molecule has 0 aliphatic heterocycles. The number of nitrogens with one attached hydrogen (secondary N) is 2. The summed E-state index contributed by atoms with van der Waals surface area (Å²) in [6.07, 6.45) is 1.71. The predicted octanol–water partition coefficient (Wildman–Crippen LogP) is 6.59. The number of allylic oxidation sites excluding steroid dienone is 1. The number of carbonyl (C=O) groups excluding carboxylic acids is 2. The monoisotopic (exact) mass is 565 g/mol. The van der Waals surface area contributed by atoms with Gasteiger partial charge in [0.2, 0.25) is 5.91 Å². The Bertz CT molecular complexity index is 1280. The first-order valence-corrected chi connectivity index (χ1v) is 13.2. The number of amides is 2. The van der Waals surface area contributed by atoms with Crippen molar-refractivity contribution in [3.8, 4) is 0 Å². The van der Waals surface area contributed by atoms with Crippen LogP contribution in [0.25, 0.3) is 0 Å². The average molecular weight is 567 g/mol. The highest BCUT2D eigenvalue weighted by Crippen LogP contribution is 2.28. The topological polar surface area (TPSA) is 88.9 Å². The van der Waals surface area contributed by atoms with E-state index in [2.05, 4.69) is 27.4 Å². The van der Waals surface area contributed by atoms with E-state index in [9.17, 15) is 9.59 Å². The molecule has 36 heavy (non-hydrogen) atoms. The van der Waals surface area contributed by atoms with Crippen LogP contribution in [-0.2, 0) is 11.3 Å². The molecule has 3 aromatic rings. The molecule has 0 saturated carbocycles. The molecule has 7 nitrogen and oxygen atoms in total. The SMILES string of the molecule is C=CCn1c(SCC(=O)Nc2cccc(Cl)c2C)nnc1C(NC(=O)c1ccc(Cl)cc1Cl)C(C)C. The minimum Gasteiger partial charge on any atom is -0.342 e. The van der Waals surface area contributed by atoms with Crippen LogP contribution in [0.4, 0.5) is 5.69 Å². The molecule has 0 saturated heterocycles. The van der Waals surface area contributed by atoms with Gasteiger partial charge in [-0.25, -0.2) is 0 Å². The van der Waals surface area contributed by atoms with E-state index < -0.39 is 6.04 Å². The Morgan fingerprint density at radius 2 is 1.89 bits per heavy atom. The first-order valence-electron chi connectivity index (χ1n) is 11.1. The number of hydrogen-bond acceptors (Lipinski definition) is 5. The molecule has 1 atom stereocenters. The molecule has 11 heteroatoms. The third kappa shape index (κ3) is 6.82. The van der Waals surface area contributed by atoms with E-state index in [1.54, 1.807) is 36.4 Å². The number of anilines is 1. The molecule has 1 aromatic heterocycles. The number of rotatable bonds is 10. The second kappa shape index (κ2) is 12.6. The zero-order valence-corrected chi connectivity index (χ0v) is 23.1. The van der Waals surface area contributed by atoms with Crippen molar-refractivity contribution in [2.75, 3.05) is 11.1 Å². The number of thioether (sulfide) groups is 1. The standard InChI is InChI=1S/C25H26Cl3N5O2S/c1-5-11-33-23(22(14(2)3)30-24(35)17-10-9-16(26)12-19(17)28)31-32-25(33)36-13-21(34)29-20-8-6-7-18(27)15(20)4/h5-10,12,14,22H,1,11,13H2,2-4H3,(H,29,34)(H,30,35). The molecule has 1 heterocycles. The number of benzene rings is 2. The number of nitrogens with zero attached hydrogens (tertiary/aromatic N) is 3. The molecule has 0 bridgehead atoms. The van der Waals surface area contributed by atoms with Gasteiger partial charge in [0.15, 0.2) is 11.0 Å². The van der Waals surface area contributed by atoms with E-state index >= 15 is 0 Å². The summed E-state index contributed by atoms with van der Waals surface area (Å²) in [7, 11) is 0.